The lowest BCUT2D eigenvalue weighted by Gasteiger charge is -2.19. The van der Waals surface area contributed by atoms with Crippen LogP contribution in [0.15, 0.2) is 18.2 Å². The average molecular weight is 268 g/mol. The number of hydrogen-bond donors (Lipinski definition) is 0. The fourth-order valence-corrected chi connectivity index (χ4v) is 1.48. The summed E-state index contributed by atoms with van der Waals surface area (Å²) in [6, 6.07) is 3.97. The molecule has 0 spiro atoms. The lowest BCUT2D eigenvalue weighted by atomic mass is 10.2. The smallest absolute Gasteiger partial charge is 0.273 e. The SMILES string of the molecule is COc1ccc([N+](=O)[O-])cc1O[C@H](C)C(=O)N(C)C. The van der Waals surface area contributed by atoms with Crippen LogP contribution in [0.2, 0.25) is 0 Å². The number of benzene rings is 1. The Kier molecular flexibility index (Phi) is 4.68. The molecule has 0 aliphatic heterocycles. The lowest BCUT2D eigenvalue weighted by Crippen LogP contribution is -2.35. The van der Waals surface area contributed by atoms with Crippen LogP contribution in [0.3, 0.4) is 0 Å². The van der Waals surface area contributed by atoms with Crippen LogP contribution in [0.1, 0.15) is 6.92 Å². The third kappa shape index (κ3) is 3.57. The Hall–Kier alpha value is -2.31. The second-order valence-electron chi connectivity index (χ2n) is 4.09. The number of carbonyl (C=O) groups excluding carboxylic acids is 1. The summed E-state index contributed by atoms with van der Waals surface area (Å²) in [4.78, 5) is 23.3. The van der Waals surface area contributed by atoms with Gasteiger partial charge in [-0.25, -0.2) is 0 Å². The summed E-state index contributed by atoms with van der Waals surface area (Å²) >= 11 is 0. The first-order valence-electron chi connectivity index (χ1n) is 5.57. The quantitative estimate of drug-likeness (QED) is 0.596. The number of non-ortho nitro benzene ring substituents is 1. The Morgan fingerprint density at radius 1 is 1.37 bits per heavy atom. The molecule has 104 valence electrons. The van der Waals surface area contributed by atoms with Gasteiger partial charge >= 0.3 is 0 Å². The molecular weight excluding hydrogens is 252 g/mol. The highest BCUT2D eigenvalue weighted by Gasteiger charge is 2.20. The Bertz CT molecular complexity index is 487. The zero-order chi connectivity index (χ0) is 14.6. The molecule has 0 aromatic heterocycles. The van der Waals surface area contributed by atoms with Gasteiger partial charge < -0.3 is 14.4 Å². The number of nitro benzene ring substituents is 1. The molecule has 1 atom stereocenters. The van der Waals surface area contributed by atoms with E-state index in [9.17, 15) is 14.9 Å². The number of amides is 1. The number of methoxy groups -OCH3 is 1. The van der Waals surface area contributed by atoms with Crippen LogP contribution in [0.25, 0.3) is 0 Å². The van der Waals surface area contributed by atoms with Crippen molar-refractivity contribution in [3.05, 3.63) is 28.3 Å². The van der Waals surface area contributed by atoms with Crippen LogP contribution < -0.4 is 9.47 Å². The average Bonchev–Trinajstić information content (AvgIpc) is 2.37. The van der Waals surface area contributed by atoms with Gasteiger partial charge in [0.2, 0.25) is 0 Å². The highest BCUT2D eigenvalue weighted by atomic mass is 16.6. The summed E-state index contributed by atoms with van der Waals surface area (Å²) in [5, 5.41) is 10.7. The van der Waals surface area contributed by atoms with E-state index in [0.29, 0.717) is 5.75 Å². The predicted molar refractivity (Wildman–Crippen MR) is 68.4 cm³/mol. The fraction of sp³-hybridized carbons (Fsp3) is 0.417. The topological polar surface area (TPSA) is 81.9 Å². The largest absolute Gasteiger partial charge is 0.493 e. The van der Waals surface area contributed by atoms with E-state index in [1.807, 2.05) is 0 Å². The molecule has 0 fully saturated rings. The first-order chi connectivity index (χ1) is 8.86. The molecular formula is C12H16N2O5. The monoisotopic (exact) mass is 268 g/mol. The maximum Gasteiger partial charge on any atom is 0.273 e. The van der Waals surface area contributed by atoms with Crippen molar-refractivity contribution in [2.24, 2.45) is 0 Å². The first-order valence-corrected chi connectivity index (χ1v) is 5.57. The molecule has 0 bridgehead atoms. The van der Waals surface area contributed by atoms with Crippen molar-refractivity contribution in [3.63, 3.8) is 0 Å². The van der Waals surface area contributed by atoms with Crippen molar-refractivity contribution in [1.82, 2.24) is 4.90 Å². The van der Waals surface area contributed by atoms with Crippen LogP contribution in [0.5, 0.6) is 11.5 Å². The van der Waals surface area contributed by atoms with Crippen LogP contribution in [0, 0.1) is 10.1 Å². The second kappa shape index (κ2) is 6.03. The van der Waals surface area contributed by atoms with Crippen LogP contribution in [-0.2, 0) is 4.79 Å². The molecule has 1 rings (SSSR count). The Labute approximate surface area is 110 Å². The summed E-state index contributed by atoms with van der Waals surface area (Å²) in [6.07, 6.45) is -0.758. The summed E-state index contributed by atoms with van der Waals surface area (Å²) in [7, 11) is 4.63. The zero-order valence-electron chi connectivity index (χ0n) is 11.2. The number of nitro groups is 1. The van der Waals surface area contributed by atoms with E-state index in [-0.39, 0.29) is 17.3 Å². The van der Waals surface area contributed by atoms with E-state index in [4.69, 9.17) is 9.47 Å². The molecule has 0 aliphatic carbocycles. The van der Waals surface area contributed by atoms with E-state index >= 15 is 0 Å². The molecule has 7 nitrogen and oxygen atoms in total. The fourth-order valence-electron chi connectivity index (χ4n) is 1.48. The van der Waals surface area contributed by atoms with Crippen LogP contribution >= 0.6 is 0 Å². The Morgan fingerprint density at radius 3 is 2.47 bits per heavy atom. The molecule has 1 aromatic rings. The zero-order valence-corrected chi connectivity index (χ0v) is 11.2. The molecule has 0 unspecified atom stereocenters. The molecule has 19 heavy (non-hydrogen) atoms. The minimum absolute atomic E-state index is 0.125. The Balaban J connectivity index is 3.01. The van der Waals surface area contributed by atoms with Crippen LogP contribution in [-0.4, -0.2) is 43.0 Å². The maximum absolute atomic E-state index is 11.7. The van der Waals surface area contributed by atoms with Crippen molar-refractivity contribution >= 4 is 11.6 Å². The highest BCUT2D eigenvalue weighted by Crippen LogP contribution is 2.31. The number of ether oxygens (including phenoxy) is 2. The molecule has 7 heteroatoms. The van der Waals surface area contributed by atoms with Gasteiger partial charge in [0, 0.05) is 20.2 Å². The summed E-state index contributed by atoms with van der Waals surface area (Å²) in [5.74, 6) is 0.261. The van der Waals surface area contributed by atoms with Crippen molar-refractivity contribution in [2.45, 2.75) is 13.0 Å². The summed E-state index contributed by atoms with van der Waals surface area (Å²) < 4.78 is 10.5. The summed E-state index contributed by atoms with van der Waals surface area (Å²) in [6.45, 7) is 1.57. The highest BCUT2D eigenvalue weighted by molar-refractivity contribution is 5.80. The van der Waals surface area contributed by atoms with Gasteiger partial charge in [-0.15, -0.1) is 0 Å². The van der Waals surface area contributed by atoms with Gasteiger partial charge in [-0.2, -0.15) is 0 Å². The molecule has 1 aromatic carbocycles. The van der Waals surface area contributed by atoms with Gasteiger partial charge in [-0.1, -0.05) is 0 Å². The minimum atomic E-state index is -0.758. The van der Waals surface area contributed by atoms with E-state index < -0.39 is 11.0 Å². The third-order valence-electron chi connectivity index (χ3n) is 2.45. The van der Waals surface area contributed by atoms with Gasteiger partial charge in [-0.05, 0) is 13.0 Å². The van der Waals surface area contributed by atoms with E-state index in [0.717, 1.165) is 0 Å². The van der Waals surface area contributed by atoms with Crippen molar-refractivity contribution in [3.8, 4) is 11.5 Å². The van der Waals surface area contributed by atoms with Crippen LogP contribution in [0.4, 0.5) is 5.69 Å². The van der Waals surface area contributed by atoms with Gasteiger partial charge in [0.25, 0.3) is 11.6 Å². The van der Waals surface area contributed by atoms with Crippen molar-refractivity contribution < 1.29 is 19.2 Å². The minimum Gasteiger partial charge on any atom is -0.493 e. The van der Waals surface area contributed by atoms with Gasteiger partial charge in [0.15, 0.2) is 17.6 Å². The molecule has 0 aliphatic rings. The first kappa shape index (κ1) is 14.7. The number of hydrogen-bond acceptors (Lipinski definition) is 5. The van der Waals surface area contributed by atoms with Gasteiger partial charge in [-0.3, -0.25) is 14.9 Å². The molecule has 1 amide bonds. The molecule has 0 heterocycles. The number of nitrogens with zero attached hydrogens (tertiary/aromatic N) is 2. The van der Waals surface area contributed by atoms with E-state index in [1.165, 1.54) is 30.2 Å². The molecule has 0 saturated heterocycles. The maximum atomic E-state index is 11.7. The standard InChI is InChI=1S/C12H16N2O5/c1-8(12(15)13(2)3)19-11-7-9(14(16)17)5-6-10(11)18-4/h5-8H,1-4H3/t8-/m1/s1. The van der Waals surface area contributed by atoms with Crippen molar-refractivity contribution in [1.29, 1.82) is 0 Å². The van der Waals surface area contributed by atoms with E-state index in [1.54, 1.807) is 21.0 Å². The van der Waals surface area contributed by atoms with Gasteiger partial charge in [0.1, 0.15) is 0 Å². The molecule has 0 N–H and O–H groups in total. The number of rotatable bonds is 5. The molecule has 0 saturated carbocycles. The molecule has 0 radical (unpaired) electrons. The Morgan fingerprint density at radius 2 is 2.00 bits per heavy atom. The normalized spacial score (nSPS) is 11.6. The number of carbonyl (C=O) groups is 1. The van der Waals surface area contributed by atoms with E-state index in [2.05, 4.69) is 0 Å². The predicted octanol–water partition coefficient (Wildman–Crippen LogP) is 1.46. The van der Waals surface area contributed by atoms with Crippen molar-refractivity contribution in [2.75, 3.05) is 21.2 Å². The summed E-state index contributed by atoms with van der Waals surface area (Å²) in [5.41, 5.74) is -0.125. The lowest BCUT2D eigenvalue weighted by molar-refractivity contribution is -0.385. The van der Waals surface area contributed by atoms with Gasteiger partial charge in [0.05, 0.1) is 18.1 Å². The third-order valence-corrected chi connectivity index (χ3v) is 2.45. The number of likely N-dealkylation sites (N-methyl/N-ethyl adjacent to an activating group) is 1. The second-order valence-corrected chi connectivity index (χ2v) is 4.09.